The highest BCUT2D eigenvalue weighted by atomic mass is 16.1. The minimum Gasteiger partial charge on any atom is -0.348 e. The molecular formula is C13H14N2O2. The Labute approximate surface area is 99.4 Å². The number of hydrogen-bond donors (Lipinski definition) is 1. The normalized spacial score (nSPS) is 17.1. The van der Waals surface area contributed by atoms with Crippen molar-refractivity contribution in [2.45, 2.75) is 27.2 Å². The van der Waals surface area contributed by atoms with Gasteiger partial charge in [0.15, 0.2) is 11.6 Å². The highest BCUT2D eigenvalue weighted by Crippen LogP contribution is 2.25. The first kappa shape index (κ1) is 11.5. The van der Waals surface area contributed by atoms with E-state index in [-0.39, 0.29) is 11.6 Å². The Morgan fingerprint density at radius 1 is 1.06 bits per heavy atom. The summed E-state index contributed by atoms with van der Waals surface area (Å²) in [4.78, 5) is 31.1. The van der Waals surface area contributed by atoms with Gasteiger partial charge in [-0.05, 0) is 20.8 Å². The maximum absolute atomic E-state index is 12.1. The minimum atomic E-state index is -0.0454. The van der Waals surface area contributed by atoms with Crippen LogP contribution in [0, 0.1) is 0 Å². The zero-order chi connectivity index (χ0) is 12.6. The Bertz CT molecular complexity index is 548. The third kappa shape index (κ3) is 1.86. The molecule has 1 aliphatic carbocycles. The van der Waals surface area contributed by atoms with Crippen LogP contribution >= 0.6 is 0 Å². The van der Waals surface area contributed by atoms with Crippen molar-refractivity contribution in [3.8, 4) is 0 Å². The number of hydrogen-bond acceptors (Lipinski definition) is 3. The van der Waals surface area contributed by atoms with Gasteiger partial charge in [0.05, 0.1) is 0 Å². The van der Waals surface area contributed by atoms with Gasteiger partial charge in [-0.1, -0.05) is 0 Å². The number of ketones is 2. The van der Waals surface area contributed by atoms with Crippen LogP contribution in [0.15, 0.2) is 34.7 Å². The lowest BCUT2D eigenvalue weighted by Crippen LogP contribution is -2.22. The first-order chi connectivity index (χ1) is 8.02. The molecule has 0 spiro atoms. The van der Waals surface area contributed by atoms with E-state index >= 15 is 0 Å². The number of aromatic amines is 1. The third-order valence-electron chi connectivity index (χ3n) is 3.21. The first-order valence-corrected chi connectivity index (χ1v) is 5.47. The van der Waals surface area contributed by atoms with Crippen LogP contribution < -0.4 is 0 Å². The van der Waals surface area contributed by atoms with E-state index in [0.717, 1.165) is 0 Å². The van der Waals surface area contributed by atoms with Crippen LogP contribution in [0.4, 0.5) is 0 Å². The Kier molecular flexibility index (Phi) is 2.79. The topological polar surface area (TPSA) is 62.8 Å². The number of imidazole rings is 1. The van der Waals surface area contributed by atoms with Gasteiger partial charge in [-0.15, -0.1) is 0 Å². The van der Waals surface area contributed by atoms with Crippen LogP contribution in [-0.2, 0) is 16.0 Å². The van der Waals surface area contributed by atoms with Gasteiger partial charge in [-0.3, -0.25) is 9.59 Å². The highest BCUT2D eigenvalue weighted by Gasteiger charge is 2.27. The van der Waals surface area contributed by atoms with Crippen LogP contribution in [0.2, 0.25) is 0 Å². The fraction of sp³-hybridized carbons (Fsp3) is 0.308. The summed E-state index contributed by atoms with van der Waals surface area (Å²) in [5.74, 6) is 0.618. The van der Waals surface area contributed by atoms with Crippen LogP contribution in [-0.4, -0.2) is 21.5 Å². The molecule has 0 saturated carbocycles. The van der Waals surface area contributed by atoms with Gasteiger partial charge in [0.1, 0.15) is 5.82 Å². The predicted octanol–water partition coefficient (Wildman–Crippen LogP) is 1.76. The van der Waals surface area contributed by atoms with E-state index in [1.807, 2.05) is 0 Å². The van der Waals surface area contributed by atoms with E-state index < -0.39 is 0 Å². The Morgan fingerprint density at radius 2 is 1.71 bits per heavy atom. The maximum Gasteiger partial charge on any atom is 0.185 e. The fourth-order valence-electron chi connectivity index (χ4n) is 1.93. The molecule has 0 radical (unpaired) electrons. The van der Waals surface area contributed by atoms with E-state index in [2.05, 4.69) is 9.97 Å². The number of nitrogens with one attached hydrogen (secondary N) is 1. The fourth-order valence-corrected chi connectivity index (χ4v) is 1.93. The summed E-state index contributed by atoms with van der Waals surface area (Å²) < 4.78 is 0. The van der Waals surface area contributed by atoms with E-state index in [9.17, 15) is 9.59 Å². The highest BCUT2D eigenvalue weighted by molar-refractivity contribution is 6.24. The van der Waals surface area contributed by atoms with Gasteiger partial charge in [-0.2, -0.15) is 0 Å². The summed E-state index contributed by atoms with van der Waals surface area (Å²) in [6.45, 7) is 5.10. The van der Waals surface area contributed by atoms with Crippen molar-refractivity contribution in [3.05, 3.63) is 40.5 Å². The average molecular weight is 230 g/mol. The van der Waals surface area contributed by atoms with Crippen molar-refractivity contribution in [1.82, 2.24) is 9.97 Å². The van der Waals surface area contributed by atoms with Gasteiger partial charge in [-0.25, -0.2) is 4.98 Å². The van der Waals surface area contributed by atoms with Crippen molar-refractivity contribution in [3.63, 3.8) is 0 Å². The monoisotopic (exact) mass is 230 g/mol. The SMILES string of the molecule is CC1=C(C)C(=O)C(Cc2ncc[nH]2)=C(C)C1=O. The summed E-state index contributed by atoms with van der Waals surface area (Å²) in [7, 11) is 0. The molecule has 1 aliphatic rings. The van der Waals surface area contributed by atoms with E-state index in [1.54, 1.807) is 33.2 Å². The molecule has 0 atom stereocenters. The smallest absolute Gasteiger partial charge is 0.185 e. The molecule has 0 saturated heterocycles. The van der Waals surface area contributed by atoms with Crippen molar-refractivity contribution >= 4 is 11.6 Å². The van der Waals surface area contributed by atoms with Crippen molar-refractivity contribution in [1.29, 1.82) is 0 Å². The van der Waals surface area contributed by atoms with Crippen molar-refractivity contribution < 1.29 is 9.59 Å². The second kappa shape index (κ2) is 4.13. The standard InChI is InChI=1S/C13H14N2O2/c1-7-8(2)13(17)10(9(3)12(7)16)6-11-14-4-5-15-11/h4-5H,6H2,1-3H3,(H,14,15). The van der Waals surface area contributed by atoms with Crippen molar-refractivity contribution in [2.24, 2.45) is 0 Å². The molecule has 4 nitrogen and oxygen atoms in total. The van der Waals surface area contributed by atoms with Crippen LogP contribution in [0.3, 0.4) is 0 Å². The molecule has 0 fully saturated rings. The number of rotatable bonds is 2. The lowest BCUT2D eigenvalue weighted by molar-refractivity contribution is -0.116. The van der Waals surface area contributed by atoms with Gasteiger partial charge in [0.25, 0.3) is 0 Å². The number of nitrogens with zero attached hydrogens (tertiary/aromatic N) is 1. The Morgan fingerprint density at radius 3 is 2.29 bits per heavy atom. The molecule has 17 heavy (non-hydrogen) atoms. The molecule has 1 heterocycles. The summed E-state index contributed by atoms with van der Waals surface area (Å²) >= 11 is 0. The predicted molar refractivity (Wildman–Crippen MR) is 63.4 cm³/mol. The Balaban J connectivity index is 2.40. The lowest BCUT2D eigenvalue weighted by atomic mass is 9.84. The molecule has 4 heteroatoms. The van der Waals surface area contributed by atoms with Gasteiger partial charge in [0, 0.05) is 41.1 Å². The average Bonchev–Trinajstić information content (AvgIpc) is 2.82. The van der Waals surface area contributed by atoms with E-state index in [4.69, 9.17) is 0 Å². The lowest BCUT2D eigenvalue weighted by Gasteiger charge is -2.17. The molecule has 1 N–H and O–H groups in total. The molecular weight excluding hydrogens is 216 g/mol. The number of allylic oxidation sites excluding steroid dienone is 4. The summed E-state index contributed by atoms with van der Waals surface area (Å²) in [6.07, 6.45) is 3.72. The second-order valence-corrected chi connectivity index (χ2v) is 4.22. The zero-order valence-corrected chi connectivity index (χ0v) is 10.1. The maximum atomic E-state index is 12.1. The van der Waals surface area contributed by atoms with E-state index in [1.165, 1.54) is 0 Å². The quantitative estimate of drug-likeness (QED) is 0.787. The molecule has 88 valence electrons. The third-order valence-corrected chi connectivity index (χ3v) is 3.21. The van der Waals surface area contributed by atoms with Gasteiger partial charge >= 0.3 is 0 Å². The largest absolute Gasteiger partial charge is 0.348 e. The summed E-state index contributed by atoms with van der Waals surface area (Å²) in [5.41, 5.74) is 2.18. The van der Waals surface area contributed by atoms with Gasteiger partial charge in [0.2, 0.25) is 0 Å². The molecule has 1 aromatic heterocycles. The van der Waals surface area contributed by atoms with Crippen LogP contribution in [0.1, 0.15) is 26.6 Å². The first-order valence-electron chi connectivity index (χ1n) is 5.47. The second-order valence-electron chi connectivity index (χ2n) is 4.22. The number of carbonyl (C=O) groups excluding carboxylic acids is 2. The van der Waals surface area contributed by atoms with Crippen molar-refractivity contribution in [2.75, 3.05) is 0 Å². The summed E-state index contributed by atoms with van der Waals surface area (Å²) in [6, 6.07) is 0. The number of aromatic nitrogens is 2. The van der Waals surface area contributed by atoms with E-state index in [0.29, 0.717) is 34.5 Å². The molecule has 0 aliphatic heterocycles. The number of carbonyl (C=O) groups is 2. The zero-order valence-electron chi connectivity index (χ0n) is 10.1. The van der Waals surface area contributed by atoms with Crippen LogP contribution in [0.25, 0.3) is 0 Å². The Hall–Kier alpha value is -1.97. The van der Waals surface area contributed by atoms with Crippen LogP contribution in [0.5, 0.6) is 0 Å². The molecule has 1 aromatic rings. The number of Topliss-reactive ketones (excluding diaryl/α,β-unsaturated/α-hetero) is 2. The summed E-state index contributed by atoms with van der Waals surface area (Å²) in [5, 5.41) is 0. The van der Waals surface area contributed by atoms with Gasteiger partial charge < -0.3 is 4.98 Å². The minimum absolute atomic E-state index is 0.0383. The number of H-pyrrole nitrogens is 1. The molecule has 2 rings (SSSR count). The molecule has 0 bridgehead atoms. The molecule has 0 amide bonds. The molecule has 0 aromatic carbocycles. The molecule has 0 unspecified atom stereocenters.